The number of benzene rings is 2. The van der Waals surface area contributed by atoms with Gasteiger partial charge in [0, 0.05) is 22.6 Å². The number of carbonyl (C=O) groups excluding carboxylic acids is 1. The van der Waals surface area contributed by atoms with Crippen LogP contribution in [0.2, 0.25) is 5.02 Å². The Labute approximate surface area is 162 Å². The number of aromatic nitrogens is 2. The fourth-order valence-corrected chi connectivity index (χ4v) is 2.42. The van der Waals surface area contributed by atoms with E-state index in [0.29, 0.717) is 16.7 Å². The molecule has 27 heavy (non-hydrogen) atoms. The Morgan fingerprint density at radius 3 is 2.33 bits per heavy atom. The molecule has 3 rings (SSSR count). The minimum absolute atomic E-state index is 0.0954. The summed E-state index contributed by atoms with van der Waals surface area (Å²) in [4.78, 5) is 20.8. The monoisotopic (exact) mass is 382 g/mol. The highest BCUT2D eigenvalue weighted by molar-refractivity contribution is 6.30. The van der Waals surface area contributed by atoms with E-state index >= 15 is 0 Å². The van der Waals surface area contributed by atoms with Gasteiger partial charge in [-0.15, -0.1) is 0 Å². The van der Waals surface area contributed by atoms with Crippen molar-refractivity contribution in [3.8, 4) is 5.75 Å². The minimum Gasteiger partial charge on any atom is -0.491 e. The molecule has 2 N–H and O–H groups in total. The zero-order chi connectivity index (χ0) is 19.2. The molecule has 0 spiro atoms. The third kappa shape index (κ3) is 5.43. The molecule has 1 heterocycles. The van der Waals surface area contributed by atoms with Gasteiger partial charge >= 0.3 is 0 Å². The second-order valence-corrected chi connectivity index (χ2v) is 6.48. The van der Waals surface area contributed by atoms with Crippen LogP contribution in [-0.4, -0.2) is 22.0 Å². The maximum Gasteiger partial charge on any atom is 0.274 e. The molecule has 0 fully saturated rings. The molecule has 1 aromatic heterocycles. The molecule has 0 saturated carbocycles. The van der Waals surface area contributed by atoms with E-state index in [2.05, 4.69) is 20.6 Å². The molecular formula is C20H19ClN4O2. The van der Waals surface area contributed by atoms with E-state index in [1.807, 2.05) is 26.0 Å². The normalized spacial score (nSPS) is 10.5. The van der Waals surface area contributed by atoms with Gasteiger partial charge in [-0.3, -0.25) is 4.79 Å². The summed E-state index contributed by atoms with van der Waals surface area (Å²) in [6.07, 6.45) is 1.62. The molecule has 6 nitrogen and oxygen atoms in total. The first-order valence-corrected chi connectivity index (χ1v) is 8.81. The summed E-state index contributed by atoms with van der Waals surface area (Å²) in [6.45, 7) is 3.92. The van der Waals surface area contributed by atoms with Crippen molar-refractivity contribution in [3.63, 3.8) is 0 Å². The van der Waals surface area contributed by atoms with E-state index in [9.17, 15) is 4.79 Å². The van der Waals surface area contributed by atoms with E-state index in [4.69, 9.17) is 16.3 Å². The van der Waals surface area contributed by atoms with Gasteiger partial charge in [-0.25, -0.2) is 9.97 Å². The van der Waals surface area contributed by atoms with E-state index in [1.54, 1.807) is 42.5 Å². The van der Waals surface area contributed by atoms with Gasteiger partial charge in [0.25, 0.3) is 5.91 Å². The summed E-state index contributed by atoms with van der Waals surface area (Å²) < 4.78 is 5.59. The van der Waals surface area contributed by atoms with Crippen molar-refractivity contribution in [2.75, 3.05) is 10.6 Å². The highest BCUT2D eigenvalue weighted by Gasteiger charge is 2.10. The third-order valence-electron chi connectivity index (χ3n) is 3.47. The topological polar surface area (TPSA) is 76.1 Å². The quantitative estimate of drug-likeness (QED) is 0.633. The summed E-state index contributed by atoms with van der Waals surface area (Å²) in [5.74, 6) is 0.749. The molecule has 0 unspecified atom stereocenters. The van der Waals surface area contributed by atoms with Crippen molar-refractivity contribution in [2.24, 2.45) is 0 Å². The molecule has 0 saturated heterocycles. The molecule has 0 atom stereocenters. The van der Waals surface area contributed by atoms with Crippen LogP contribution < -0.4 is 15.4 Å². The molecule has 3 aromatic rings. The van der Waals surface area contributed by atoms with Crippen molar-refractivity contribution >= 4 is 34.8 Å². The Morgan fingerprint density at radius 2 is 1.67 bits per heavy atom. The first kappa shape index (κ1) is 18.7. The summed E-state index contributed by atoms with van der Waals surface area (Å²) in [5, 5.41) is 6.48. The lowest BCUT2D eigenvalue weighted by Gasteiger charge is -2.11. The Bertz CT molecular complexity index is 912. The van der Waals surface area contributed by atoms with Gasteiger partial charge in [0.2, 0.25) is 5.95 Å². The van der Waals surface area contributed by atoms with Crippen LogP contribution in [0.25, 0.3) is 0 Å². The number of amides is 1. The standard InChI is InChI=1S/C20H19ClN4O2/c1-13(2)27-17-9-7-15(8-10-17)23-19(26)18-11-12-22-20(25-18)24-16-5-3-14(21)4-6-16/h3-13H,1-2H3,(H,23,26)(H,22,24,25). The van der Waals surface area contributed by atoms with E-state index in [-0.39, 0.29) is 17.7 Å². The van der Waals surface area contributed by atoms with Crippen LogP contribution in [0.15, 0.2) is 60.8 Å². The average molecular weight is 383 g/mol. The van der Waals surface area contributed by atoms with Crippen LogP contribution in [0, 0.1) is 0 Å². The zero-order valence-electron chi connectivity index (χ0n) is 14.9. The number of halogens is 1. The van der Waals surface area contributed by atoms with Gasteiger partial charge < -0.3 is 15.4 Å². The SMILES string of the molecule is CC(C)Oc1ccc(NC(=O)c2ccnc(Nc3ccc(Cl)cc3)n2)cc1. The molecule has 0 radical (unpaired) electrons. The summed E-state index contributed by atoms with van der Waals surface area (Å²) in [6, 6.07) is 15.9. The Morgan fingerprint density at radius 1 is 1.00 bits per heavy atom. The molecule has 1 amide bonds. The second kappa shape index (κ2) is 8.51. The van der Waals surface area contributed by atoms with Crippen molar-refractivity contribution in [1.29, 1.82) is 0 Å². The van der Waals surface area contributed by atoms with Crippen LogP contribution >= 0.6 is 11.6 Å². The lowest BCUT2D eigenvalue weighted by atomic mass is 10.3. The molecule has 138 valence electrons. The van der Waals surface area contributed by atoms with Crippen LogP contribution in [-0.2, 0) is 0 Å². The average Bonchev–Trinajstić information content (AvgIpc) is 2.65. The van der Waals surface area contributed by atoms with Gasteiger partial charge in [-0.05, 0) is 68.4 Å². The smallest absolute Gasteiger partial charge is 0.274 e. The van der Waals surface area contributed by atoms with Crippen LogP contribution in [0.4, 0.5) is 17.3 Å². The van der Waals surface area contributed by atoms with Gasteiger partial charge in [0.1, 0.15) is 11.4 Å². The largest absolute Gasteiger partial charge is 0.491 e. The van der Waals surface area contributed by atoms with Crippen LogP contribution in [0.5, 0.6) is 5.75 Å². The van der Waals surface area contributed by atoms with Gasteiger partial charge in [-0.2, -0.15) is 0 Å². The van der Waals surface area contributed by atoms with Crippen molar-refractivity contribution in [3.05, 3.63) is 71.5 Å². The zero-order valence-corrected chi connectivity index (χ0v) is 15.7. The number of hydrogen-bond acceptors (Lipinski definition) is 5. The van der Waals surface area contributed by atoms with Crippen molar-refractivity contribution in [2.45, 2.75) is 20.0 Å². The molecule has 0 aliphatic heterocycles. The highest BCUT2D eigenvalue weighted by Crippen LogP contribution is 2.19. The number of hydrogen-bond donors (Lipinski definition) is 2. The Kier molecular flexibility index (Phi) is 5.88. The first-order chi connectivity index (χ1) is 13.0. The van der Waals surface area contributed by atoms with E-state index < -0.39 is 0 Å². The molecule has 0 bridgehead atoms. The number of anilines is 3. The summed E-state index contributed by atoms with van der Waals surface area (Å²) in [7, 11) is 0. The number of nitrogens with one attached hydrogen (secondary N) is 2. The maximum absolute atomic E-state index is 12.4. The maximum atomic E-state index is 12.4. The minimum atomic E-state index is -0.325. The number of carbonyl (C=O) groups is 1. The summed E-state index contributed by atoms with van der Waals surface area (Å²) in [5.41, 5.74) is 1.68. The van der Waals surface area contributed by atoms with Crippen molar-refractivity contribution < 1.29 is 9.53 Å². The number of ether oxygens (including phenoxy) is 1. The number of nitrogens with zero attached hydrogens (tertiary/aromatic N) is 2. The first-order valence-electron chi connectivity index (χ1n) is 8.43. The molecule has 2 aromatic carbocycles. The molecular weight excluding hydrogens is 364 g/mol. The second-order valence-electron chi connectivity index (χ2n) is 6.04. The van der Waals surface area contributed by atoms with Crippen LogP contribution in [0.3, 0.4) is 0 Å². The van der Waals surface area contributed by atoms with Gasteiger partial charge in [-0.1, -0.05) is 11.6 Å². The van der Waals surface area contributed by atoms with E-state index in [1.165, 1.54) is 6.20 Å². The molecule has 7 heteroatoms. The molecule has 0 aliphatic rings. The van der Waals surface area contributed by atoms with Gasteiger partial charge in [0.05, 0.1) is 6.10 Å². The fraction of sp³-hybridized carbons (Fsp3) is 0.150. The number of rotatable bonds is 6. The third-order valence-corrected chi connectivity index (χ3v) is 3.72. The van der Waals surface area contributed by atoms with E-state index in [0.717, 1.165) is 11.4 Å². The Balaban J connectivity index is 1.67. The van der Waals surface area contributed by atoms with Crippen LogP contribution in [0.1, 0.15) is 24.3 Å². The predicted molar refractivity (Wildman–Crippen MR) is 107 cm³/mol. The Hall–Kier alpha value is -3.12. The predicted octanol–water partition coefficient (Wildman–Crippen LogP) is 4.91. The lowest BCUT2D eigenvalue weighted by Crippen LogP contribution is -2.14. The lowest BCUT2D eigenvalue weighted by molar-refractivity contribution is 0.102. The van der Waals surface area contributed by atoms with Crippen molar-refractivity contribution in [1.82, 2.24) is 9.97 Å². The highest BCUT2D eigenvalue weighted by atomic mass is 35.5. The molecule has 0 aliphatic carbocycles. The van der Waals surface area contributed by atoms with Gasteiger partial charge in [0.15, 0.2) is 0 Å². The fourth-order valence-electron chi connectivity index (χ4n) is 2.29. The summed E-state index contributed by atoms with van der Waals surface area (Å²) >= 11 is 5.87.